The van der Waals surface area contributed by atoms with Gasteiger partial charge >= 0.3 is 0 Å². The molecule has 1 N–H and O–H groups in total. The van der Waals surface area contributed by atoms with E-state index in [2.05, 4.69) is 20.3 Å². The van der Waals surface area contributed by atoms with Gasteiger partial charge in [-0.15, -0.1) is 0 Å². The maximum Gasteiger partial charge on any atom is 0.261 e. The summed E-state index contributed by atoms with van der Waals surface area (Å²) in [5, 5.41) is 3.01. The number of morpholine rings is 1. The van der Waals surface area contributed by atoms with E-state index in [-0.39, 0.29) is 18.6 Å². The van der Waals surface area contributed by atoms with E-state index < -0.39 is 0 Å². The van der Waals surface area contributed by atoms with Crippen LogP contribution in [0.25, 0.3) is 0 Å². The second-order valence-electron chi connectivity index (χ2n) is 5.66. The molecule has 0 bridgehead atoms. The molecule has 2 aromatic heterocycles. The zero-order valence-corrected chi connectivity index (χ0v) is 14.3. The van der Waals surface area contributed by atoms with Gasteiger partial charge in [-0.2, -0.15) is 0 Å². The van der Waals surface area contributed by atoms with Crippen LogP contribution in [0.4, 0.5) is 5.82 Å². The Morgan fingerprint density at radius 1 is 1.48 bits per heavy atom. The zero-order valence-electron chi connectivity index (χ0n) is 14.3. The van der Waals surface area contributed by atoms with Gasteiger partial charge in [0.2, 0.25) is 0 Å². The summed E-state index contributed by atoms with van der Waals surface area (Å²) in [5.41, 5.74) is 0.832. The average molecular weight is 343 g/mol. The molecule has 0 saturated carbocycles. The molecular formula is C17H21N5O3. The third-order valence-corrected chi connectivity index (χ3v) is 3.87. The number of hydrogen-bond donors (Lipinski definition) is 1. The number of aromatic nitrogens is 3. The molecule has 1 aliphatic heterocycles. The van der Waals surface area contributed by atoms with E-state index in [1.165, 1.54) is 0 Å². The molecule has 1 atom stereocenters. The van der Waals surface area contributed by atoms with Crippen molar-refractivity contribution in [2.45, 2.75) is 13.0 Å². The fraction of sp³-hybridized carbons (Fsp3) is 0.412. The second kappa shape index (κ2) is 7.89. The fourth-order valence-electron chi connectivity index (χ4n) is 2.65. The second-order valence-corrected chi connectivity index (χ2v) is 5.66. The Kier molecular flexibility index (Phi) is 5.39. The largest absolute Gasteiger partial charge is 0.482 e. The number of nitrogens with one attached hydrogen (secondary N) is 1. The number of hydrogen-bond acceptors (Lipinski definition) is 7. The van der Waals surface area contributed by atoms with Crippen LogP contribution in [-0.4, -0.2) is 59.2 Å². The van der Waals surface area contributed by atoms with Crippen LogP contribution in [0.5, 0.6) is 5.75 Å². The predicted octanol–water partition coefficient (Wildman–Crippen LogP) is 1.20. The predicted molar refractivity (Wildman–Crippen MR) is 91.3 cm³/mol. The molecule has 2 aromatic rings. The van der Waals surface area contributed by atoms with Crippen molar-refractivity contribution in [1.82, 2.24) is 19.9 Å². The van der Waals surface area contributed by atoms with E-state index in [1.54, 1.807) is 36.5 Å². The highest BCUT2D eigenvalue weighted by Crippen LogP contribution is 2.23. The summed E-state index contributed by atoms with van der Waals surface area (Å²) in [6.45, 7) is 3.16. The van der Waals surface area contributed by atoms with Crippen LogP contribution < -0.4 is 10.1 Å². The van der Waals surface area contributed by atoms with Crippen molar-refractivity contribution in [1.29, 1.82) is 0 Å². The zero-order chi connectivity index (χ0) is 17.6. The van der Waals surface area contributed by atoms with Gasteiger partial charge in [0.1, 0.15) is 17.6 Å². The summed E-state index contributed by atoms with van der Waals surface area (Å²) >= 11 is 0. The van der Waals surface area contributed by atoms with Gasteiger partial charge in [0.05, 0.1) is 19.4 Å². The molecule has 8 heteroatoms. The van der Waals surface area contributed by atoms with Crippen LogP contribution in [0, 0.1) is 6.92 Å². The van der Waals surface area contributed by atoms with Crippen LogP contribution in [0.2, 0.25) is 0 Å². The minimum absolute atomic E-state index is 0.0626. The van der Waals surface area contributed by atoms with Crippen LogP contribution in [-0.2, 0) is 9.53 Å². The van der Waals surface area contributed by atoms with Crippen LogP contribution >= 0.6 is 0 Å². The van der Waals surface area contributed by atoms with Gasteiger partial charge in [0.15, 0.2) is 12.4 Å². The first-order valence-corrected chi connectivity index (χ1v) is 8.10. The van der Waals surface area contributed by atoms with E-state index in [1.807, 2.05) is 13.0 Å². The smallest absolute Gasteiger partial charge is 0.261 e. The number of anilines is 1. The number of amides is 1. The maximum atomic E-state index is 12.6. The summed E-state index contributed by atoms with van der Waals surface area (Å²) < 4.78 is 11.1. The van der Waals surface area contributed by atoms with E-state index in [0.29, 0.717) is 37.2 Å². The topological polar surface area (TPSA) is 89.5 Å². The summed E-state index contributed by atoms with van der Waals surface area (Å²) in [6.07, 6.45) is 3.23. The van der Waals surface area contributed by atoms with Gasteiger partial charge in [0, 0.05) is 31.5 Å². The molecule has 0 radical (unpaired) electrons. The van der Waals surface area contributed by atoms with Crippen molar-refractivity contribution >= 4 is 11.7 Å². The third-order valence-electron chi connectivity index (χ3n) is 3.87. The van der Waals surface area contributed by atoms with Gasteiger partial charge in [-0.05, 0) is 19.1 Å². The first kappa shape index (κ1) is 17.1. The number of aryl methyl sites for hydroxylation is 1. The Hall–Kier alpha value is -2.74. The van der Waals surface area contributed by atoms with E-state index in [9.17, 15) is 4.79 Å². The van der Waals surface area contributed by atoms with Gasteiger partial charge < -0.3 is 19.7 Å². The van der Waals surface area contributed by atoms with E-state index in [4.69, 9.17) is 9.47 Å². The Bertz CT molecular complexity index is 725. The molecule has 132 valence electrons. The molecule has 3 rings (SSSR count). The number of nitrogens with zero attached hydrogens (tertiary/aromatic N) is 4. The lowest BCUT2D eigenvalue weighted by Gasteiger charge is -2.34. The summed E-state index contributed by atoms with van der Waals surface area (Å²) in [5.74, 6) is 1.71. The molecule has 1 aliphatic rings. The Morgan fingerprint density at radius 2 is 2.36 bits per heavy atom. The van der Waals surface area contributed by atoms with Crippen LogP contribution in [0.3, 0.4) is 0 Å². The third kappa shape index (κ3) is 4.21. The van der Waals surface area contributed by atoms with Crippen molar-refractivity contribution in [3.8, 4) is 5.75 Å². The van der Waals surface area contributed by atoms with Crippen molar-refractivity contribution in [3.05, 3.63) is 42.1 Å². The van der Waals surface area contributed by atoms with Crippen LogP contribution in [0.1, 0.15) is 17.6 Å². The number of carbonyl (C=O) groups excluding carboxylic acids is 1. The number of carbonyl (C=O) groups is 1. The molecule has 3 heterocycles. The lowest BCUT2D eigenvalue weighted by Crippen LogP contribution is -2.46. The molecule has 0 spiro atoms. The standard InChI is InChI=1S/C17H21N5O3/c1-12-8-15(18-2)21-17(20-12)14-10-24-7-6-22(14)16(23)11-25-13-4-3-5-19-9-13/h3-5,8-9,14H,6-7,10-11H2,1-2H3,(H,18,20,21)/t14-/m1/s1. The Labute approximate surface area is 146 Å². The molecule has 0 aromatic carbocycles. The lowest BCUT2D eigenvalue weighted by atomic mass is 10.2. The highest BCUT2D eigenvalue weighted by molar-refractivity contribution is 5.78. The van der Waals surface area contributed by atoms with Gasteiger partial charge in [0.25, 0.3) is 5.91 Å². The number of ether oxygens (including phenoxy) is 2. The summed E-state index contributed by atoms with van der Waals surface area (Å²) in [6, 6.07) is 5.05. The highest BCUT2D eigenvalue weighted by atomic mass is 16.5. The minimum Gasteiger partial charge on any atom is -0.482 e. The monoisotopic (exact) mass is 343 g/mol. The minimum atomic E-state index is -0.328. The van der Waals surface area contributed by atoms with Gasteiger partial charge in [-0.1, -0.05) is 0 Å². The summed E-state index contributed by atoms with van der Waals surface area (Å²) in [7, 11) is 1.80. The van der Waals surface area contributed by atoms with Crippen molar-refractivity contribution < 1.29 is 14.3 Å². The number of pyridine rings is 1. The molecular weight excluding hydrogens is 322 g/mol. The highest BCUT2D eigenvalue weighted by Gasteiger charge is 2.31. The lowest BCUT2D eigenvalue weighted by molar-refractivity contribution is -0.142. The van der Waals surface area contributed by atoms with Gasteiger partial charge in [-0.3, -0.25) is 9.78 Å². The Balaban J connectivity index is 1.74. The molecule has 1 fully saturated rings. The van der Waals surface area contributed by atoms with Crippen molar-refractivity contribution in [3.63, 3.8) is 0 Å². The quantitative estimate of drug-likeness (QED) is 0.872. The molecule has 0 unspecified atom stereocenters. The Morgan fingerprint density at radius 3 is 3.12 bits per heavy atom. The first-order chi connectivity index (χ1) is 12.2. The first-order valence-electron chi connectivity index (χ1n) is 8.10. The summed E-state index contributed by atoms with van der Waals surface area (Å²) in [4.78, 5) is 27.3. The maximum absolute atomic E-state index is 12.6. The van der Waals surface area contributed by atoms with E-state index in [0.717, 1.165) is 5.69 Å². The molecule has 1 saturated heterocycles. The molecule has 8 nitrogen and oxygen atoms in total. The van der Waals surface area contributed by atoms with Crippen LogP contribution in [0.15, 0.2) is 30.6 Å². The molecule has 25 heavy (non-hydrogen) atoms. The molecule has 1 amide bonds. The van der Waals surface area contributed by atoms with Crippen molar-refractivity contribution in [2.75, 3.05) is 38.7 Å². The van der Waals surface area contributed by atoms with Crippen molar-refractivity contribution in [2.24, 2.45) is 0 Å². The van der Waals surface area contributed by atoms with E-state index >= 15 is 0 Å². The van der Waals surface area contributed by atoms with Gasteiger partial charge in [-0.25, -0.2) is 9.97 Å². The SMILES string of the molecule is CNc1cc(C)nc([C@H]2COCCN2C(=O)COc2cccnc2)n1. The average Bonchev–Trinajstić information content (AvgIpc) is 2.66. The fourth-order valence-corrected chi connectivity index (χ4v) is 2.65. The normalized spacial score (nSPS) is 17.2. The molecule has 0 aliphatic carbocycles. The number of rotatable bonds is 5.